The number of fused-ring (bicyclic) bond motifs is 1. The zero-order valence-corrected chi connectivity index (χ0v) is 14.0. The van der Waals surface area contributed by atoms with Crippen molar-refractivity contribution in [2.45, 2.75) is 6.92 Å². The first-order valence-electron chi connectivity index (χ1n) is 8.34. The Kier molecular flexibility index (Phi) is 3.80. The summed E-state index contributed by atoms with van der Waals surface area (Å²) in [5.74, 6) is 0.229. The Morgan fingerprint density at radius 2 is 1.64 bits per heavy atom. The first kappa shape index (κ1) is 15.5. The lowest BCUT2D eigenvalue weighted by atomic mass is 10.1. The molecule has 2 amide bonds. The fraction of sp³-hybridized carbons (Fsp3) is 0.263. The van der Waals surface area contributed by atoms with Gasteiger partial charge in [0.2, 0.25) is 0 Å². The van der Waals surface area contributed by atoms with Gasteiger partial charge in [0.15, 0.2) is 5.76 Å². The number of nitrogens with one attached hydrogen (secondary N) is 1. The summed E-state index contributed by atoms with van der Waals surface area (Å²) in [6, 6.07) is 11.2. The van der Waals surface area contributed by atoms with Gasteiger partial charge in [0.05, 0.1) is 11.8 Å². The van der Waals surface area contributed by atoms with Crippen molar-refractivity contribution in [1.29, 1.82) is 0 Å². The Morgan fingerprint density at radius 3 is 2.32 bits per heavy atom. The number of hydrogen-bond acceptors (Lipinski definition) is 3. The van der Waals surface area contributed by atoms with E-state index >= 15 is 0 Å². The van der Waals surface area contributed by atoms with Gasteiger partial charge in [0.1, 0.15) is 0 Å². The summed E-state index contributed by atoms with van der Waals surface area (Å²) in [6.07, 6.45) is 1.49. The van der Waals surface area contributed by atoms with Crippen LogP contribution in [0.2, 0.25) is 0 Å². The molecule has 1 N–H and O–H groups in total. The van der Waals surface area contributed by atoms with Crippen LogP contribution < -0.4 is 0 Å². The van der Waals surface area contributed by atoms with Gasteiger partial charge in [-0.25, -0.2) is 0 Å². The number of aromatic amines is 1. The van der Waals surface area contributed by atoms with Crippen molar-refractivity contribution in [3.05, 3.63) is 59.7 Å². The highest BCUT2D eigenvalue weighted by Crippen LogP contribution is 2.24. The molecule has 3 aromatic rings. The summed E-state index contributed by atoms with van der Waals surface area (Å²) in [5, 5.41) is 0.944. The van der Waals surface area contributed by atoms with Crippen LogP contribution in [0.4, 0.5) is 0 Å². The summed E-state index contributed by atoms with van der Waals surface area (Å²) in [6.45, 7) is 3.97. The second kappa shape index (κ2) is 6.12. The van der Waals surface area contributed by atoms with E-state index in [0.29, 0.717) is 31.9 Å². The standard InChI is InChI=1S/C19H19N3O3/c1-13-17(14-5-2-3-6-15(14)20-13)19(24)22-10-8-21(9-11-22)18(23)16-7-4-12-25-16/h2-7,12,20H,8-11H2,1H3. The summed E-state index contributed by atoms with van der Waals surface area (Å²) in [4.78, 5) is 32.1. The molecule has 0 unspecified atom stereocenters. The quantitative estimate of drug-likeness (QED) is 0.781. The molecule has 0 aliphatic carbocycles. The van der Waals surface area contributed by atoms with Gasteiger partial charge < -0.3 is 19.2 Å². The predicted molar refractivity (Wildman–Crippen MR) is 93.6 cm³/mol. The van der Waals surface area contributed by atoms with E-state index in [4.69, 9.17) is 4.42 Å². The Balaban J connectivity index is 1.50. The Bertz CT molecular complexity index is 919. The molecule has 6 nitrogen and oxygen atoms in total. The molecule has 0 radical (unpaired) electrons. The number of piperazine rings is 1. The second-order valence-electron chi connectivity index (χ2n) is 6.23. The highest BCUT2D eigenvalue weighted by Gasteiger charge is 2.28. The highest BCUT2D eigenvalue weighted by atomic mass is 16.3. The third kappa shape index (κ3) is 2.69. The monoisotopic (exact) mass is 337 g/mol. The normalized spacial score (nSPS) is 14.9. The predicted octanol–water partition coefficient (Wildman–Crippen LogP) is 2.67. The summed E-state index contributed by atoms with van der Waals surface area (Å²) in [5.41, 5.74) is 2.57. The van der Waals surface area contributed by atoms with Gasteiger partial charge >= 0.3 is 0 Å². The fourth-order valence-corrected chi connectivity index (χ4v) is 3.38. The summed E-state index contributed by atoms with van der Waals surface area (Å²) >= 11 is 0. The van der Waals surface area contributed by atoms with Crippen LogP contribution in [0.1, 0.15) is 26.6 Å². The van der Waals surface area contributed by atoms with Crippen LogP contribution in [0, 0.1) is 6.92 Å². The van der Waals surface area contributed by atoms with Crippen LogP contribution in [-0.2, 0) is 0 Å². The Hall–Kier alpha value is -3.02. The van der Waals surface area contributed by atoms with Crippen molar-refractivity contribution in [3.8, 4) is 0 Å². The van der Waals surface area contributed by atoms with Gasteiger partial charge in [-0.3, -0.25) is 9.59 Å². The maximum absolute atomic E-state index is 13.0. The van der Waals surface area contributed by atoms with Gasteiger partial charge in [-0.1, -0.05) is 18.2 Å². The fourth-order valence-electron chi connectivity index (χ4n) is 3.38. The molecule has 3 heterocycles. The van der Waals surface area contributed by atoms with E-state index in [1.54, 1.807) is 17.0 Å². The van der Waals surface area contributed by atoms with E-state index in [9.17, 15) is 9.59 Å². The first-order valence-corrected chi connectivity index (χ1v) is 8.34. The van der Waals surface area contributed by atoms with Crippen LogP contribution >= 0.6 is 0 Å². The molecule has 1 aromatic carbocycles. The lowest BCUT2D eigenvalue weighted by molar-refractivity contribution is 0.0518. The van der Waals surface area contributed by atoms with Crippen LogP contribution in [0.3, 0.4) is 0 Å². The van der Waals surface area contributed by atoms with Gasteiger partial charge in [0, 0.05) is 42.8 Å². The minimum absolute atomic E-state index is 0.0139. The largest absolute Gasteiger partial charge is 0.459 e. The van der Waals surface area contributed by atoms with Crippen LogP contribution in [0.5, 0.6) is 0 Å². The van der Waals surface area contributed by atoms with Crippen LogP contribution in [-0.4, -0.2) is 52.8 Å². The molecule has 1 aliphatic rings. The molecule has 0 spiro atoms. The molecule has 128 valence electrons. The number of H-pyrrole nitrogens is 1. The number of nitrogens with zero attached hydrogens (tertiary/aromatic N) is 2. The minimum atomic E-state index is -0.125. The van der Waals surface area contributed by atoms with Crippen molar-refractivity contribution in [1.82, 2.24) is 14.8 Å². The van der Waals surface area contributed by atoms with E-state index in [1.807, 2.05) is 36.1 Å². The molecule has 2 aromatic heterocycles. The SMILES string of the molecule is Cc1[nH]c2ccccc2c1C(=O)N1CCN(C(=O)c2ccco2)CC1. The van der Waals surface area contributed by atoms with Crippen molar-refractivity contribution < 1.29 is 14.0 Å². The van der Waals surface area contributed by atoms with E-state index < -0.39 is 0 Å². The third-order valence-corrected chi connectivity index (χ3v) is 4.69. The Morgan fingerprint density at radius 1 is 0.960 bits per heavy atom. The molecule has 25 heavy (non-hydrogen) atoms. The molecule has 0 bridgehead atoms. The van der Waals surface area contributed by atoms with Crippen LogP contribution in [0.25, 0.3) is 10.9 Å². The number of para-hydroxylation sites is 1. The van der Waals surface area contributed by atoms with Gasteiger partial charge in [0.25, 0.3) is 11.8 Å². The number of amides is 2. The molecule has 1 aliphatic heterocycles. The topological polar surface area (TPSA) is 69.6 Å². The third-order valence-electron chi connectivity index (χ3n) is 4.69. The van der Waals surface area contributed by atoms with E-state index in [-0.39, 0.29) is 11.8 Å². The van der Waals surface area contributed by atoms with Gasteiger partial charge in [-0.15, -0.1) is 0 Å². The van der Waals surface area contributed by atoms with Gasteiger partial charge in [-0.2, -0.15) is 0 Å². The van der Waals surface area contributed by atoms with Crippen molar-refractivity contribution in [3.63, 3.8) is 0 Å². The second-order valence-corrected chi connectivity index (χ2v) is 6.23. The van der Waals surface area contributed by atoms with Crippen molar-refractivity contribution in [2.24, 2.45) is 0 Å². The molecule has 0 atom stereocenters. The molecule has 1 saturated heterocycles. The summed E-state index contributed by atoms with van der Waals surface area (Å²) < 4.78 is 5.17. The van der Waals surface area contributed by atoms with E-state index in [1.165, 1.54) is 6.26 Å². The van der Waals surface area contributed by atoms with E-state index in [0.717, 1.165) is 22.2 Å². The number of aromatic nitrogens is 1. The smallest absolute Gasteiger partial charge is 0.289 e. The van der Waals surface area contributed by atoms with Gasteiger partial charge in [-0.05, 0) is 25.1 Å². The number of carbonyl (C=O) groups is 2. The first-order chi connectivity index (χ1) is 12.1. The Labute approximate surface area is 145 Å². The van der Waals surface area contributed by atoms with Crippen molar-refractivity contribution in [2.75, 3.05) is 26.2 Å². The lowest BCUT2D eigenvalue weighted by Gasteiger charge is -2.34. The maximum atomic E-state index is 13.0. The number of aryl methyl sites for hydroxylation is 1. The average Bonchev–Trinajstić information content (AvgIpc) is 3.27. The number of rotatable bonds is 2. The lowest BCUT2D eigenvalue weighted by Crippen LogP contribution is -2.50. The molecule has 4 rings (SSSR count). The number of benzene rings is 1. The molecular weight excluding hydrogens is 318 g/mol. The molecule has 6 heteroatoms. The maximum Gasteiger partial charge on any atom is 0.289 e. The minimum Gasteiger partial charge on any atom is -0.459 e. The average molecular weight is 337 g/mol. The number of furan rings is 1. The molecule has 1 fully saturated rings. The number of hydrogen-bond donors (Lipinski definition) is 1. The molecule has 0 saturated carbocycles. The number of carbonyl (C=O) groups excluding carboxylic acids is 2. The molecular formula is C19H19N3O3. The van der Waals surface area contributed by atoms with E-state index in [2.05, 4.69) is 4.98 Å². The zero-order chi connectivity index (χ0) is 17.4. The van der Waals surface area contributed by atoms with Crippen LogP contribution in [0.15, 0.2) is 47.1 Å². The van der Waals surface area contributed by atoms with Crippen molar-refractivity contribution >= 4 is 22.7 Å². The summed E-state index contributed by atoms with van der Waals surface area (Å²) in [7, 11) is 0. The highest BCUT2D eigenvalue weighted by molar-refractivity contribution is 6.08. The zero-order valence-electron chi connectivity index (χ0n) is 14.0.